The van der Waals surface area contributed by atoms with Gasteiger partial charge >= 0.3 is 0 Å². The van der Waals surface area contributed by atoms with E-state index in [-0.39, 0.29) is 0 Å². The highest BCUT2D eigenvalue weighted by Gasteiger charge is 1.99. The minimum atomic E-state index is 0.772. The fourth-order valence-corrected chi connectivity index (χ4v) is 1.44. The SMILES string of the molecule is CNCc1cc(-n2cc(C)cn2)ccn1. The van der Waals surface area contributed by atoms with E-state index in [2.05, 4.69) is 15.4 Å². The molecule has 2 aromatic rings. The molecule has 0 bridgehead atoms. The van der Waals surface area contributed by atoms with E-state index in [0.717, 1.165) is 23.5 Å². The van der Waals surface area contributed by atoms with E-state index in [4.69, 9.17) is 0 Å². The van der Waals surface area contributed by atoms with Crippen LogP contribution in [-0.2, 0) is 6.54 Å². The van der Waals surface area contributed by atoms with Crippen LogP contribution in [0.25, 0.3) is 5.69 Å². The lowest BCUT2D eigenvalue weighted by Gasteiger charge is -2.03. The molecule has 0 fully saturated rings. The van der Waals surface area contributed by atoms with Gasteiger partial charge in [-0.25, -0.2) is 4.68 Å². The second kappa shape index (κ2) is 4.23. The first kappa shape index (κ1) is 9.86. The van der Waals surface area contributed by atoms with Gasteiger partial charge in [-0.1, -0.05) is 0 Å². The summed E-state index contributed by atoms with van der Waals surface area (Å²) < 4.78 is 1.86. The molecular weight excluding hydrogens is 188 g/mol. The van der Waals surface area contributed by atoms with E-state index in [0.29, 0.717) is 0 Å². The van der Waals surface area contributed by atoms with Crippen LogP contribution in [0.3, 0.4) is 0 Å². The average Bonchev–Trinajstić information content (AvgIpc) is 2.66. The third kappa shape index (κ3) is 2.22. The van der Waals surface area contributed by atoms with Crippen LogP contribution in [-0.4, -0.2) is 21.8 Å². The van der Waals surface area contributed by atoms with Gasteiger partial charge in [0.25, 0.3) is 0 Å². The largest absolute Gasteiger partial charge is 0.314 e. The Morgan fingerprint density at radius 1 is 1.47 bits per heavy atom. The van der Waals surface area contributed by atoms with Crippen molar-refractivity contribution in [3.05, 3.63) is 42.0 Å². The summed E-state index contributed by atoms with van der Waals surface area (Å²) in [5.41, 5.74) is 3.22. The van der Waals surface area contributed by atoms with Gasteiger partial charge in [0.15, 0.2) is 0 Å². The number of aromatic nitrogens is 3. The number of aryl methyl sites for hydroxylation is 1. The van der Waals surface area contributed by atoms with Crippen molar-refractivity contribution in [2.45, 2.75) is 13.5 Å². The number of hydrogen-bond acceptors (Lipinski definition) is 3. The van der Waals surface area contributed by atoms with Crippen molar-refractivity contribution in [1.29, 1.82) is 0 Å². The zero-order chi connectivity index (χ0) is 10.7. The van der Waals surface area contributed by atoms with Crippen molar-refractivity contribution in [3.63, 3.8) is 0 Å². The lowest BCUT2D eigenvalue weighted by molar-refractivity contribution is 0.784. The van der Waals surface area contributed by atoms with Crippen LogP contribution in [0.15, 0.2) is 30.7 Å². The van der Waals surface area contributed by atoms with Crippen LogP contribution in [0, 0.1) is 6.92 Å². The number of hydrogen-bond donors (Lipinski definition) is 1. The van der Waals surface area contributed by atoms with Gasteiger partial charge in [0.05, 0.1) is 17.6 Å². The first-order valence-corrected chi connectivity index (χ1v) is 4.91. The molecule has 2 heterocycles. The summed E-state index contributed by atoms with van der Waals surface area (Å²) in [6, 6.07) is 3.98. The van der Waals surface area contributed by atoms with E-state index >= 15 is 0 Å². The number of pyridine rings is 1. The standard InChI is InChI=1S/C11H14N4/c1-9-6-14-15(8-9)11-3-4-13-10(5-11)7-12-2/h3-6,8,12H,7H2,1-2H3. The van der Waals surface area contributed by atoms with Crippen molar-refractivity contribution >= 4 is 0 Å². The minimum Gasteiger partial charge on any atom is -0.314 e. The monoisotopic (exact) mass is 202 g/mol. The van der Waals surface area contributed by atoms with Crippen molar-refractivity contribution in [1.82, 2.24) is 20.1 Å². The molecule has 2 rings (SSSR count). The van der Waals surface area contributed by atoms with E-state index < -0.39 is 0 Å². The Kier molecular flexibility index (Phi) is 2.78. The first-order valence-electron chi connectivity index (χ1n) is 4.91. The van der Waals surface area contributed by atoms with Gasteiger partial charge in [0, 0.05) is 18.9 Å². The number of nitrogens with zero attached hydrogens (tertiary/aromatic N) is 3. The summed E-state index contributed by atoms with van der Waals surface area (Å²) in [5, 5.41) is 7.33. The van der Waals surface area contributed by atoms with Crippen molar-refractivity contribution < 1.29 is 0 Å². The maximum atomic E-state index is 4.26. The maximum Gasteiger partial charge on any atom is 0.0679 e. The quantitative estimate of drug-likeness (QED) is 0.815. The Hall–Kier alpha value is -1.68. The molecular formula is C11H14N4. The van der Waals surface area contributed by atoms with Gasteiger partial charge in [0.2, 0.25) is 0 Å². The summed E-state index contributed by atoms with van der Waals surface area (Å²) in [6.45, 7) is 2.80. The molecule has 0 aliphatic carbocycles. The molecule has 4 nitrogen and oxygen atoms in total. The van der Waals surface area contributed by atoms with Crippen molar-refractivity contribution in [2.75, 3.05) is 7.05 Å². The predicted octanol–water partition coefficient (Wildman–Crippen LogP) is 1.30. The smallest absolute Gasteiger partial charge is 0.0679 e. The highest BCUT2D eigenvalue weighted by molar-refractivity contribution is 5.31. The Bertz CT molecular complexity index is 447. The predicted molar refractivity (Wildman–Crippen MR) is 58.9 cm³/mol. The zero-order valence-corrected chi connectivity index (χ0v) is 8.94. The topological polar surface area (TPSA) is 42.7 Å². The summed E-state index contributed by atoms with van der Waals surface area (Å²) in [4.78, 5) is 4.26. The first-order chi connectivity index (χ1) is 7.29. The van der Waals surface area contributed by atoms with Gasteiger partial charge in [-0.3, -0.25) is 4.98 Å². The summed E-state index contributed by atoms with van der Waals surface area (Å²) >= 11 is 0. The van der Waals surface area contributed by atoms with Gasteiger partial charge in [0.1, 0.15) is 0 Å². The second-order valence-corrected chi connectivity index (χ2v) is 3.50. The summed E-state index contributed by atoms with van der Waals surface area (Å²) in [6.07, 6.45) is 5.65. The van der Waals surface area contributed by atoms with Crippen molar-refractivity contribution in [3.8, 4) is 5.69 Å². The Labute approximate surface area is 89.0 Å². The fourth-order valence-electron chi connectivity index (χ4n) is 1.44. The molecule has 15 heavy (non-hydrogen) atoms. The normalized spacial score (nSPS) is 10.5. The van der Waals surface area contributed by atoms with Crippen LogP contribution in [0.5, 0.6) is 0 Å². The Morgan fingerprint density at radius 2 is 2.33 bits per heavy atom. The van der Waals surface area contributed by atoms with Crippen LogP contribution in [0.4, 0.5) is 0 Å². The van der Waals surface area contributed by atoms with Crippen LogP contribution >= 0.6 is 0 Å². The third-order valence-electron chi connectivity index (χ3n) is 2.13. The van der Waals surface area contributed by atoms with Crippen molar-refractivity contribution in [2.24, 2.45) is 0 Å². The zero-order valence-electron chi connectivity index (χ0n) is 8.94. The van der Waals surface area contributed by atoms with Gasteiger partial charge in [-0.15, -0.1) is 0 Å². The molecule has 0 saturated heterocycles. The van der Waals surface area contributed by atoms with E-state index in [9.17, 15) is 0 Å². The molecule has 0 aliphatic heterocycles. The molecule has 0 radical (unpaired) electrons. The molecule has 0 aromatic carbocycles. The fraction of sp³-hybridized carbons (Fsp3) is 0.273. The molecule has 2 aromatic heterocycles. The summed E-state index contributed by atoms with van der Waals surface area (Å²) in [7, 11) is 1.91. The van der Waals surface area contributed by atoms with E-state index in [1.54, 1.807) is 6.20 Å². The second-order valence-electron chi connectivity index (χ2n) is 3.50. The molecule has 0 unspecified atom stereocenters. The minimum absolute atomic E-state index is 0.772. The molecule has 0 amide bonds. The molecule has 0 spiro atoms. The highest BCUT2D eigenvalue weighted by atomic mass is 15.3. The summed E-state index contributed by atoms with van der Waals surface area (Å²) in [5.74, 6) is 0. The van der Waals surface area contributed by atoms with E-state index in [1.807, 2.05) is 43.2 Å². The highest BCUT2D eigenvalue weighted by Crippen LogP contribution is 2.08. The lowest BCUT2D eigenvalue weighted by atomic mass is 10.3. The van der Waals surface area contributed by atoms with Crippen LogP contribution in [0.2, 0.25) is 0 Å². The van der Waals surface area contributed by atoms with Crippen LogP contribution < -0.4 is 5.32 Å². The maximum absolute atomic E-state index is 4.26. The third-order valence-corrected chi connectivity index (χ3v) is 2.13. The molecule has 0 saturated carbocycles. The van der Waals surface area contributed by atoms with Gasteiger partial charge in [-0.2, -0.15) is 5.10 Å². The average molecular weight is 202 g/mol. The van der Waals surface area contributed by atoms with Gasteiger partial charge < -0.3 is 5.32 Å². The number of rotatable bonds is 3. The molecule has 1 N–H and O–H groups in total. The van der Waals surface area contributed by atoms with Crippen LogP contribution in [0.1, 0.15) is 11.3 Å². The Morgan fingerprint density at radius 3 is 3.00 bits per heavy atom. The number of nitrogens with one attached hydrogen (secondary N) is 1. The molecule has 0 aliphatic rings. The van der Waals surface area contributed by atoms with Gasteiger partial charge in [-0.05, 0) is 31.7 Å². The Balaban J connectivity index is 2.32. The molecule has 0 atom stereocenters. The van der Waals surface area contributed by atoms with E-state index in [1.165, 1.54) is 0 Å². The molecule has 78 valence electrons. The molecule has 4 heteroatoms. The lowest BCUT2D eigenvalue weighted by Crippen LogP contribution is -2.07.